The fourth-order valence-corrected chi connectivity index (χ4v) is 6.07. The Morgan fingerprint density at radius 2 is 1.76 bits per heavy atom. The third-order valence-electron chi connectivity index (χ3n) is 5.36. The van der Waals surface area contributed by atoms with Gasteiger partial charge in [-0.15, -0.1) is 11.3 Å². The molecule has 170 valence electrons. The van der Waals surface area contributed by atoms with Gasteiger partial charge in [-0.1, -0.05) is 12.1 Å². The number of hydrogen-bond donors (Lipinski definition) is 0. The molecule has 1 amide bonds. The Hall–Kier alpha value is -3.15. The summed E-state index contributed by atoms with van der Waals surface area (Å²) < 4.78 is 60.7. The van der Waals surface area contributed by atoms with Crippen molar-refractivity contribution in [3.05, 3.63) is 72.0 Å². The molecule has 11 heteroatoms. The monoisotopic (exact) mass is 489 g/mol. The highest BCUT2D eigenvalue weighted by molar-refractivity contribution is 7.89. The molecule has 0 atom stereocenters. The number of fused-ring (bicyclic) bond motifs is 1. The first-order chi connectivity index (χ1) is 15.8. The van der Waals surface area contributed by atoms with Gasteiger partial charge in [-0.2, -0.15) is 4.31 Å². The Morgan fingerprint density at radius 1 is 1.00 bits per heavy atom. The second-order valence-corrected chi connectivity index (χ2v) is 10.4. The van der Waals surface area contributed by atoms with Crippen molar-refractivity contribution >= 4 is 37.5 Å². The molecule has 0 bridgehead atoms. The van der Waals surface area contributed by atoms with Crippen molar-refractivity contribution in [2.45, 2.75) is 4.90 Å². The SMILES string of the molecule is O=C(c1ccc(-c2nc3ccccc3s2)o1)N1CCN(S(=O)(=O)c2cc(F)ccc2F)CC1. The van der Waals surface area contributed by atoms with Crippen LogP contribution >= 0.6 is 11.3 Å². The lowest BCUT2D eigenvalue weighted by atomic mass is 10.3. The molecule has 0 unspecified atom stereocenters. The topological polar surface area (TPSA) is 83.7 Å². The molecule has 5 rings (SSSR count). The number of benzene rings is 2. The molecule has 0 saturated carbocycles. The van der Waals surface area contributed by atoms with E-state index in [1.807, 2.05) is 24.3 Å². The van der Waals surface area contributed by atoms with Gasteiger partial charge < -0.3 is 9.32 Å². The summed E-state index contributed by atoms with van der Waals surface area (Å²) in [4.78, 5) is 18.1. The van der Waals surface area contributed by atoms with Crippen molar-refractivity contribution in [1.29, 1.82) is 0 Å². The number of sulfonamides is 1. The molecule has 3 heterocycles. The average Bonchev–Trinajstić information content (AvgIpc) is 3.47. The van der Waals surface area contributed by atoms with Crippen LogP contribution in [0.5, 0.6) is 0 Å². The lowest BCUT2D eigenvalue weighted by Crippen LogP contribution is -2.50. The van der Waals surface area contributed by atoms with E-state index < -0.39 is 26.6 Å². The van der Waals surface area contributed by atoms with Crippen molar-refractivity contribution in [1.82, 2.24) is 14.2 Å². The number of aromatic nitrogens is 1. The van der Waals surface area contributed by atoms with Gasteiger partial charge in [0.2, 0.25) is 10.0 Å². The zero-order chi connectivity index (χ0) is 23.2. The number of hydrogen-bond acceptors (Lipinski definition) is 6. The van der Waals surface area contributed by atoms with Gasteiger partial charge in [-0.25, -0.2) is 22.2 Å². The van der Waals surface area contributed by atoms with Gasteiger partial charge in [0.15, 0.2) is 16.5 Å². The summed E-state index contributed by atoms with van der Waals surface area (Å²) in [6.07, 6.45) is 0. The maximum Gasteiger partial charge on any atom is 0.289 e. The van der Waals surface area contributed by atoms with Gasteiger partial charge in [0, 0.05) is 26.2 Å². The summed E-state index contributed by atoms with van der Waals surface area (Å²) in [6.45, 7) is 0.0866. The van der Waals surface area contributed by atoms with Crippen LogP contribution in [0.1, 0.15) is 10.6 Å². The third-order valence-corrected chi connectivity index (χ3v) is 8.32. The van der Waals surface area contributed by atoms with Crippen molar-refractivity contribution in [2.75, 3.05) is 26.2 Å². The zero-order valence-corrected chi connectivity index (χ0v) is 18.7. The van der Waals surface area contributed by atoms with Gasteiger partial charge >= 0.3 is 0 Å². The van der Waals surface area contributed by atoms with Crippen LogP contribution in [0.2, 0.25) is 0 Å². The predicted octanol–water partition coefficient (Wildman–Crippen LogP) is 3.98. The molecule has 1 aliphatic rings. The number of nitrogens with zero attached hydrogens (tertiary/aromatic N) is 3. The highest BCUT2D eigenvalue weighted by Crippen LogP contribution is 2.31. The average molecular weight is 490 g/mol. The highest BCUT2D eigenvalue weighted by Gasteiger charge is 2.33. The molecule has 7 nitrogen and oxygen atoms in total. The second-order valence-electron chi connectivity index (χ2n) is 7.42. The molecule has 0 N–H and O–H groups in total. The van der Waals surface area contributed by atoms with Crippen LogP contribution in [0.15, 0.2) is 63.9 Å². The summed E-state index contributed by atoms with van der Waals surface area (Å²) in [5.41, 5.74) is 0.842. The van der Waals surface area contributed by atoms with Crippen LogP contribution in [0.25, 0.3) is 21.0 Å². The molecule has 1 saturated heterocycles. The van der Waals surface area contributed by atoms with Gasteiger partial charge in [-0.3, -0.25) is 4.79 Å². The summed E-state index contributed by atoms with van der Waals surface area (Å²) in [5.74, 6) is -1.64. The maximum atomic E-state index is 14.0. The highest BCUT2D eigenvalue weighted by atomic mass is 32.2. The standard InChI is InChI=1S/C22H17F2N3O4S2/c23-14-5-6-15(24)20(13-14)33(29,30)27-11-9-26(10-12-27)22(28)18-8-7-17(31-18)21-25-16-3-1-2-4-19(16)32-21/h1-8,13H,9-12H2. The normalized spacial score (nSPS) is 15.3. The van der Waals surface area contributed by atoms with Crippen LogP contribution < -0.4 is 0 Å². The predicted molar refractivity (Wildman–Crippen MR) is 118 cm³/mol. The van der Waals surface area contributed by atoms with Crippen molar-refractivity contribution in [2.24, 2.45) is 0 Å². The minimum absolute atomic E-state index is 0.0462. The molecule has 0 aliphatic carbocycles. The van der Waals surface area contributed by atoms with Crippen molar-refractivity contribution < 1.29 is 26.4 Å². The van der Waals surface area contributed by atoms with Crippen LogP contribution in [0, 0.1) is 11.6 Å². The van der Waals surface area contributed by atoms with Gasteiger partial charge in [-0.05, 0) is 42.5 Å². The summed E-state index contributed by atoms with van der Waals surface area (Å²) in [6, 6.07) is 13.2. The Kier molecular flexibility index (Phi) is 5.47. The Bertz CT molecular complexity index is 1420. The first-order valence-electron chi connectivity index (χ1n) is 10.0. The van der Waals surface area contributed by atoms with Crippen molar-refractivity contribution in [3.8, 4) is 10.8 Å². The number of rotatable bonds is 4. The third kappa shape index (κ3) is 4.03. The van der Waals surface area contributed by atoms with Crippen LogP contribution in [0.4, 0.5) is 8.78 Å². The quantitative estimate of drug-likeness (QED) is 0.433. The maximum absolute atomic E-state index is 14.0. The fourth-order valence-electron chi connectivity index (χ4n) is 3.65. The molecule has 2 aromatic heterocycles. The zero-order valence-electron chi connectivity index (χ0n) is 17.1. The molecule has 0 radical (unpaired) electrons. The van der Waals surface area contributed by atoms with Crippen molar-refractivity contribution in [3.63, 3.8) is 0 Å². The largest absolute Gasteiger partial charge is 0.448 e. The van der Waals surface area contributed by atoms with E-state index >= 15 is 0 Å². The fraction of sp³-hybridized carbons (Fsp3) is 0.182. The number of carbonyl (C=O) groups is 1. The molecular formula is C22H17F2N3O4S2. The number of piperazine rings is 1. The lowest BCUT2D eigenvalue weighted by Gasteiger charge is -2.33. The summed E-state index contributed by atoms with van der Waals surface area (Å²) in [7, 11) is -4.22. The van der Waals surface area contributed by atoms with Crippen LogP contribution in [-0.2, 0) is 10.0 Å². The van der Waals surface area contributed by atoms with Crippen LogP contribution in [-0.4, -0.2) is 54.7 Å². The van der Waals surface area contributed by atoms with E-state index in [1.165, 1.54) is 16.2 Å². The minimum atomic E-state index is -4.22. The number of halogens is 2. The number of carbonyl (C=O) groups excluding carboxylic acids is 1. The molecule has 0 spiro atoms. The van der Waals surface area contributed by atoms with Crippen LogP contribution in [0.3, 0.4) is 0 Å². The summed E-state index contributed by atoms with van der Waals surface area (Å²) in [5, 5.41) is 0.656. The van der Waals surface area contributed by atoms with E-state index in [9.17, 15) is 22.0 Å². The van der Waals surface area contributed by atoms with Gasteiger partial charge in [0.25, 0.3) is 5.91 Å². The molecule has 1 aliphatic heterocycles. The molecule has 33 heavy (non-hydrogen) atoms. The molecule has 1 fully saturated rings. The molecule has 4 aromatic rings. The molecular weight excluding hydrogens is 472 g/mol. The van der Waals surface area contributed by atoms with E-state index in [2.05, 4.69) is 4.98 Å². The van der Waals surface area contributed by atoms with E-state index in [1.54, 1.807) is 12.1 Å². The number of furan rings is 1. The smallest absolute Gasteiger partial charge is 0.289 e. The first kappa shape index (κ1) is 21.7. The van der Waals surface area contributed by atoms with E-state index in [-0.39, 0.29) is 37.8 Å². The Balaban J connectivity index is 1.29. The van der Waals surface area contributed by atoms with Gasteiger partial charge in [0.05, 0.1) is 10.2 Å². The van der Waals surface area contributed by atoms with E-state index in [4.69, 9.17) is 4.42 Å². The second kappa shape index (κ2) is 8.32. The minimum Gasteiger partial charge on any atom is -0.448 e. The van der Waals surface area contributed by atoms with Gasteiger partial charge in [0.1, 0.15) is 16.5 Å². The Labute approximate surface area is 191 Å². The van der Waals surface area contributed by atoms with E-state index in [0.29, 0.717) is 16.8 Å². The summed E-state index contributed by atoms with van der Waals surface area (Å²) >= 11 is 1.45. The Morgan fingerprint density at radius 3 is 2.52 bits per heavy atom. The number of thiazole rings is 1. The first-order valence-corrected chi connectivity index (χ1v) is 12.3. The molecule has 2 aromatic carbocycles. The number of amides is 1. The lowest BCUT2D eigenvalue weighted by molar-refractivity contribution is 0.0666. The van der Waals surface area contributed by atoms with E-state index in [0.717, 1.165) is 26.7 Å². The number of para-hydroxylation sites is 1.